The Labute approximate surface area is 288 Å². The van der Waals surface area contributed by atoms with E-state index in [1.54, 1.807) is 0 Å². The predicted octanol–water partition coefficient (Wildman–Crippen LogP) is -3.52. The number of nitrogens with zero attached hydrogens (tertiary/aromatic N) is 1. The molecule has 6 amide bonds. The fourth-order valence-corrected chi connectivity index (χ4v) is 5.12. The van der Waals surface area contributed by atoms with Gasteiger partial charge in [0.1, 0.15) is 36.8 Å². The van der Waals surface area contributed by atoms with Crippen molar-refractivity contribution in [2.75, 3.05) is 19.7 Å². The van der Waals surface area contributed by atoms with Gasteiger partial charge in [0.25, 0.3) is 0 Å². The number of amides is 6. The molecule has 0 radical (unpaired) electrons. The van der Waals surface area contributed by atoms with Gasteiger partial charge in [-0.05, 0) is 37.5 Å². The number of nitrogens with two attached hydrogens (primary N) is 1. The smallest absolute Gasteiger partial charge is 0.322 e. The van der Waals surface area contributed by atoms with E-state index in [2.05, 4.69) is 21.3 Å². The summed E-state index contributed by atoms with van der Waals surface area (Å²) in [5.41, 5.74) is 6.03. The van der Waals surface area contributed by atoms with Crippen LogP contribution in [0, 0.1) is 11.8 Å². The molecule has 0 saturated carbocycles. The van der Waals surface area contributed by atoms with Crippen molar-refractivity contribution in [2.24, 2.45) is 17.6 Å². The van der Waals surface area contributed by atoms with E-state index < -0.39 is 128 Å². The van der Waals surface area contributed by atoms with E-state index in [1.165, 1.54) is 18.7 Å². The molecule has 282 valence electrons. The summed E-state index contributed by atoms with van der Waals surface area (Å²) >= 11 is 0. The van der Waals surface area contributed by atoms with Crippen LogP contribution in [0.2, 0.25) is 0 Å². The minimum Gasteiger partial charge on any atom is -0.481 e. The molecule has 0 aromatic rings. The second-order valence-electron chi connectivity index (χ2n) is 12.7. The third kappa shape index (κ3) is 14.3. The first kappa shape index (κ1) is 43.2. The van der Waals surface area contributed by atoms with Crippen molar-refractivity contribution < 1.29 is 63.6 Å². The number of aliphatic hydroxyl groups excluding tert-OH is 1. The number of carbonyl (C=O) groups is 9. The molecule has 0 spiro atoms. The molecule has 0 unspecified atom stereocenters. The van der Waals surface area contributed by atoms with Crippen LogP contribution in [0.15, 0.2) is 0 Å². The molecule has 11 N–H and O–H groups in total. The molecule has 0 aliphatic carbocycles. The fourth-order valence-electron chi connectivity index (χ4n) is 5.12. The molecule has 0 aromatic carbocycles. The summed E-state index contributed by atoms with van der Waals surface area (Å²) in [5.74, 6) is -10.4. The maximum atomic E-state index is 13.4. The highest BCUT2D eigenvalue weighted by Crippen LogP contribution is 2.20. The largest absolute Gasteiger partial charge is 0.481 e. The maximum Gasteiger partial charge on any atom is 0.322 e. The van der Waals surface area contributed by atoms with Crippen molar-refractivity contribution in [3.8, 4) is 0 Å². The van der Waals surface area contributed by atoms with E-state index in [0.29, 0.717) is 12.8 Å². The van der Waals surface area contributed by atoms with Gasteiger partial charge in [-0.2, -0.15) is 0 Å². The second-order valence-corrected chi connectivity index (χ2v) is 12.7. The number of carboxylic acids is 3. The highest BCUT2D eigenvalue weighted by atomic mass is 16.4. The number of nitrogens with one attached hydrogen (secondary N) is 5. The molecular formula is C30H49N7O13. The van der Waals surface area contributed by atoms with Gasteiger partial charge >= 0.3 is 17.9 Å². The number of aliphatic carboxylic acids is 3. The van der Waals surface area contributed by atoms with E-state index in [9.17, 15) is 58.5 Å². The summed E-state index contributed by atoms with van der Waals surface area (Å²) in [6, 6.07) is -8.37. The van der Waals surface area contributed by atoms with Gasteiger partial charge in [0.15, 0.2) is 0 Å². The van der Waals surface area contributed by atoms with Gasteiger partial charge in [0.05, 0.1) is 19.1 Å². The van der Waals surface area contributed by atoms with Crippen LogP contribution in [0.3, 0.4) is 0 Å². The summed E-state index contributed by atoms with van der Waals surface area (Å²) in [5, 5.41) is 48.1. The first-order valence-electron chi connectivity index (χ1n) is 16.1. The van der Waals surface area contributed by atoms with Crippen LogP contribution in [-0.2, 0) is 43.2 Å². The van der Waals surface area contributed by atoms with Gasteiger partial charge in [-0.15, -0.1) is 0 Å². The minimum atomic E-state index is -1.76. The molecule has 1 fully saturated rings. The lowest BCUT2D eigenvalue weighted by Crippen LogP contribution is -2.60. The standard InChI is InChI=1S/C30H49N7O13/c1-14(2)10-16(31)30(50)37-9-5-6-20(37)28(48)34-18(11-22(41)42)27(47)33-17(7-8-21(39)40)26(46)36-24(15(3)4)29(49)35-19(13-38)25(45)32-12-23(43)44/h14-20,24,38H,5-13,31H2,1-4H3,(H,32,45)(H,33,47)(H,34,48)(H,35,49)(H,36,46)(H,39,40)(H,41,42)(H,43,44)/t16-,17-,18-,19-,20-,24-/m0/s1. The van der Waals surface area contributed by atoms with Crippen LogP contribution in [0.25, 0.3) is 0 Å². The summed E-state index contributed by atoms with van der Waals surface area (Å²) in [6.07, 6.45) is -1.10. The normalized spacial score (nSPS) is 17.1. The molecule has 0 aromatic heterocycles. The first-order chi connectivity index (χ1) is 23.3. The van der Waals surface area contributed by atoms with Crippen LogP contribution < -0.4 is 32.3 Å². The monoisotopic (exact) mass is 715 g/mol. The van der Waals surface area contributed by atoms with Gasteiger partial charge in [-0.3, -0.25) is 43.2 Å². The third-order valence-corrected chi connectivity index (χ3v) is 7.65. The van der Waals surface area contributed by atoms with Crippen LogP contribution >= 0.6 is 0 Å². The lowest BCUT2D eigenvalue weighted by atomic mass is 10.0. The number of aliphatic hydroxyl groups is 1. The molecule has 1 heterocycles. The van der Waals surface area contributed by atoms with Crippen molar-refractivity contribution in [3.05, 3.63) is 0 Å². The molecule has 50 heavy (non-hydrogen) atoms. The summed E-state index contributed by atoms with van der Waals surface area (Å²) in [4.78, 5) is 113. The van der Waals surface area contributed by atoms with Gasteiger partial charge in [0, 0.05) is 13.0 Å². The van der Waals surface area contributed by atoms with Gasteiger partial charge in [-0.1, -0.05) is 27.7 Å². The Morgan fingerprint density at radius 3 is 1.88 bits per heavy atom. The fraction of sp³-hybridized carbons (Fsp3) is 0.700. The Morgan fingerprint density at radius 1 is 0.760 bits per heavy atom. The zero-order valence-electron chi connectivity index (χ0n) is 28.5. The Kier molecular flexibility index (Phi) is 17.8. The zero-order valence-corrected chi connectivity index (χ0v) is 28.5. The van der Waals surface area contributed by atoms with E-state index in [0.717, 1.165) is 0 Å². The van der Waals surface area contributed by atoms with Crippen LogP contribution in [0.5, 0.6) is 0 Å². The minimum absolute atomic E-state index is 0.0957. The van der Waals surface area contributed by atoms with Crippen molar-refractivity contribution in [1.82, 2.24) is 31.5 Å². The van der Waals surface area contributed by atoms with Gasteiger partial charge in [-0.25, -0.2) is 0 Å². The molecule has 0 bridgehead atoms. The molecule has 20 heteroatoms. The number of likely N-dealkylation sites (tertiary alicyclic amines) is 1. The summed E-state index contributed by atoms with van der Waals surface area (Å²) in [6.45, 7) is 5.23. The molecule has 20 nitrogen and oxygen atoms in total. The Balaban J connectivity index is 3.17. The maximum absolute atomic E-state index is 13.4. The lowest BCUT2D eigenvalue weighted by molar-refractivity contribution is -0.143. The first-order valence-corrected chi connectivity index (χ1v) is 16.1. The lowest BCUT2D eigenvalue weighted by Gasteiger charge is -2.29. The van der Waals surface area contributed by atoms with E-state index in [-0.39, 0.29) is 18.9 Å². The van der Waals surface area contributed by atoms with Crippen LogP contribution in [-0.4, -0.2) is 135 Å². The molecular weight excluding hydrogens is 666 g/mol. The van der Waals surface area contributed by atoms with Crippen LogP contribution in [0.1, 0.15) is 66.2 Å². The van der Waals surface area contributed by atoms with E-state index >= 15 is 0 Å². The summed E-state index contributed by atoms with van der Waals surface area (Å²) in [7, 11) is 0. The SMILES string of the molecule is CC(C)C[C@H](N)C(=O)N1CCC[C@H]1C(=O)N[C@@H](CC(=O)O)C(=O)N[C@@H](CCC(=O)O)C(=O)N[C@H](C(=O)N[C@@H](CO)C(=O)NCC(=O)O)C(C)C. The van der Waals surface area contributed by atoms with Crippen molar-refractivity contribution in [1.29, 1.82) is 0 Å². The molecule has 1 rings (SSSR count). The number of carbonyl (C=O) groups excluding carboxylic acids is 6. The van der Waals surface area contributed by atoms with Crippen molar-refractivity contribution in [2.45, 2.75) is 102 Å². The number of hydrogen-bond acceptors (Lipinski definition) is 11. The quantitative estimate of drug-likeness (QED) is 0.0551. The van der Waals surface area contributed by atoms with Crippen molar-refractivity contribution in [3.63, 3.8) is 0 Å². The molecule has 1 aliphatic heterocycles. The number of carboxylic acid groups (broad SMARTS) is 3. The Hall–Kier alpha value is -4.85. The number of rotatable bonds is 21. The molecule has 1 aliphatic rings. The van der Waals surface area contributed by atoms with E-state index in [4.69, 9.17) is 10.8 Å². The second kappa shape index (κ2) is 20.6. The predicted molar refractivity (Wildman–Crippen MR) is 172 cm³/mol. The van der Waals surface area contributed by atoms with E-state index in [1.807, 2.05) is 19.2 Å². The highest BCUT2D eigenvalue weighted by Gasteiger charge is 2.39. The zero-order chi connectivity index (χ0) is 38.3. The van der Waals surface area contributed by atoms with Gasteiger partial charge < -0.3 is 57.6 Å². The van der Waals surface area contributed by atoms with Crippen molar-refractivity contribution >= 4 is 53.4 Å². The van der Waals surface area contributed by atoms with Crippen LogP contribution in [0.4, 0.5) is 0 Å². The Bertz CT molecular complexity index is 1280. The summed E-state index contributed by atoms with van der Waals surface area (Å²) < 4.78 is 0. The number of hydrogen-bond donors (Lipinski definition) is 10. The average molecular weight is 716 g/mol. The third-order valence-electron chi connectivity index (χ3n) is 7.65. The molecule has 6 atom stereocenters. The molecule has 1 saturated heterocycles. The highest BCUT2D eigenvalue weighted by molar-refractivity contribution is 5.98. The topological polar surface area (TPSA) is 324 Å². The average Bonchev–Trinajstić information content (AvgIpc) is 3.51. The van der Waals surface area contributed by atoms with Gasteiger partial charge in [0.2, 0.25) is 35.4 Å². The Morgan fingerprint density at radius 2 is 1.36 bits per heavy atom.